The number of hydrogen-bond acceptors (Lipinski definition) is 2. The van der Waals surface area contributed by atoms with Gasteiger partial charge in [-0.3, -0.25) is 0 Å². The van der Waals surface area contributed by atoms with Crippen LogP contribution < -0.4 is 26.2 Å². The van der Waals surface area contributed by atoms with E-state index in [9.17, 15) is 19.2 Å². The fourth-order valence-corrected chi connectivity index (χ4v) is 17.7. The number of benzene rings is 17. The first-order chi connectivity index (χ1) is 59.5. The van der Waals surface area contributed by atoms with Crippen molar-refractivity contribution in [2.75, 3.05) is 9.80 Å². The molecule has 17 aromatic carbocycles. The Balaban J connectivity index is 0.956. The van der Waals surface area contributed by atoms with Gasteiger partial charge < -0.3 is 23.3 Å². The molecule has 2 aliphatic heterocycles. The van der Waals surface area contributed by atoms with E-state index in [0.29, 0.717) is 33.9 Å². The predicted octanol–water partition coefficient (Wildman–Crippen LogP) is 25.1. The molecule has 108 heavy (non-hydrogen) atoms. The lowest BCUT2D eigenvalue weighted by atomic mass is 9.33. The molecule has 500 valence electrons. The van der Waals surface area contributed by atoms with E-state index in [1.807, 2.05) is 109 Å². The van der Waals surface area contributed by atoms with Crippen LogP contribution in [0.15, 0.2) is 388 Å². The van der Waals surface area contributed by atoms with Gasteiger partial charge in [0.05, 0.1) is 80.6 Å². The number of rotatable bonds is 10. The van der Waals surface area contributed by atoms with Crippen LogP contribution in [0.1, 0.15) is 19.2 Å². The van der Waals surface area contributed by atoms with Crippen LogP contribution in [0.2, 0.25) is 0 Å². The Hall–Kier alpha value is -14.2. The summed E-state index contributed by atoms with van der Waals surface area (Å²) in [6.45, 7) is -0.794. The van der Waals surface area contributed by atoms with Crippen molar-refractivity contribution in [1.82, 2.24) is 13.5 Å². The number of aromatic nitrogens is 3. The number of anilines is 6. The average molecular weight is 1380 g/mol. The van der Waals surface area contributed by atoms with Crippen molar-refractivity contribution < 1.29 is 19.2 Å². The Morgan fingerprint density at radius 1 is 0.250 bits per heavy atom. The topological polar surface area (TPSA) is 20.8 Å². The maximum atomic E-state index is 10.6. The van der Waals surface area contributed by atoms with Crippen molar-refractivity contribution in [3.05, 3.63) is 388 Å². The smallest absolute Gasteiger partial charge is 0.252 e. The number of hydrogen-bond donors (Lipinski definition) is 0. The summed E-state index contributed by atoms with van der Waals surface area (Å²) < 4.78 is 145. The molecule has 0 radical (unpaired) electrons. The van der Waals surface area contributed by atoms with E-state index < -0.39 is 55.1 Å². The van der Waals surface area contributed by atoms with Crippen LogP contribution in [0.25, 0.3) is 160 Å². The Bertz CT molecular complexity index is 7910. The molecule has 0 fully saturated rings. The molecule has 6 heteroatoms. The van der Waals surface area contributed by atoms with Crippen LogP contribution in [0.3, 0.4) is 0 Å². The molecule has 21 aromatic rings. The van der Waals surface area contributed by atoms with Crippen molar-refractivity contribution in [3.63, 3.8) is 0 Å². The van der Waals surface area contributed by atoms with E-state index in [1.54, 1.807) is 45.5 Å². The molecule has 4 aromatic heterocycles. The number of para-hydroxylation sites is 6. The van der Waals surface area contributed by atoms with Gasteiger partial charge in [0.2, 0.25) is 0 Å². The molecule has 2 aliphatic rings. The highest BCUT2D eigenvalue weighted by atomic mass is 15.2. The summed E-state index contributed by atoms with van der Waals surface area (Å²) in [6, 6.07) is 96.4. The van der Waals surface area contributed by atoms with E-state index in [4.69, 9.17) is 0 Å². The van der Waals surface area contributed by atoms with E-state index >= 15 is 0 Å². The number of nitrogens with zero attached hydrogens (tertiary/aromatic N) is 5. The summed E-state index contributed by atoms with van der Waals surface area (Å²) in [6.07, 6.45) is 0. The Morgan fingerprint density at radius 3 is 1.08 bits per heavy atom. The zero-order chi connectivity index (χ0) is 82.8. The molecule has 0 bridgehead atoms. The molecule has 0 saturated heterocycles. The van der Waals surface area contributed by atoms with Crippen LogP contribution in [0.4, 0.5) is 34.1 Å². The lowest BCUT2D eigenvalue weighted by molar-refractivity contribution is 1.17. The SMILES string of the molecule is [2H]c1c([2H])c([2H])c2c(c1[2H])c1c([2H])c(-c3ccccc3)c([2H])c([2H])c1n2-c1ccc2c(c1)N(c1c(-c3ccccc3)cccc1-c1ccccc1)c1c3c(c4c5ccccc5n5c6ccccc6c1c45)N(c1c(-c4ccccc4)cccc1-c1ccccc1)c1cc(-n4c5c([2H])c([2H])c([2H])c([2H])c5c5c([2H])c([2H])c(-c6ccccc6)c([2H])c54)ccc1B23. The van der Waals surface area contributed by atoms with Gasteiger partial charge >= 0.3 is 0 Å². The fourth-order valence-electron chi connectivity index (χ4n) is 17.7. The van der Waals surface area contributed by atoms with Crippen molar-refractivity contribution in [2.45, 2.75) is 0 Å². The second-order valence-corrected chi connectivity index (χ2v) is 27.8. The van der Waals surface area contributed by atoms with Crippen molar-refractivity contribution in [1.29, 1.82) is 0 Å². The minimum atomic E-state index is -0.794. The summed E-state index contributed by atoms with van der Waals surface area (Å²) in [5, 5.41) is 3.86. The highest BCUT2D eigenvalue weighted by molar-refractivity contribution is 7.01. The zero-order valence-electron chi connectivity index (χ0n) is 71.7. The average Bonchev–Trinajstić information content (AvgIpc) is 1.41. The summed E-state index contributed by atoms with van der Waals surface area (Å²) in [5.41, 5.74) is 19.0. The molecule has 0 aliphatic carbocycles. The molecule has 6 heterocycles. The van der Waals surface area contributed by atoms with Crippen LogP contribution in [-0.2, 0) is 0 Å². The molecular weight excluding hydrogens is 1310 g/mol. The van der Waals surface area contributed by atoms with Crippen LogP contribution in [0.5, 0.6) is 0 Å². The standard InChI is InChI=1S/C102H64BN5/c1-7-29-65(30-8-1)71-54-60-91-84(61-71)80-42-20-24-50-88(80)104(91)73-55-58-85-93(63-73)107(98-75(67-33-11-3-12-34-67)45-27-46-76(98)68-35-13-4-14-36-68)101-95-82-43-21-25-51-89(82)106-90-52-26-22-44-83(90)96(100(95)106)102-97(101)103(85)86-59-56-74(105-87-49-23-19-41-79(87)81-57-53-72(62-92(81)105)66-31-9-2-10-32-66)64-94(86)108(102)99-77(69-37-15-5-16-38-69)47-28-48-78(99)70-39-17-6-18-40-70/h1-64H/i19D,20D,23D,24D,41D,42D,49D,50D,53D,54D,57D,60D,61D,62D. The summed E-state index contributed by atoms with van der Waals surface area (Å²) >= 11 is 0. The number of fused-ring (bicyclic) bond motifs is 18. The molecule has 0 unspecified atom stereocenters. The highest BCUT2D eigenvalue weighted by Gasteiger charge is 2.48. The third kappa shape index (κ3) is 8.77. The summed E-state index contributed by atoms with van der Waals surface area (Å²) in [5.74, 6) is 0. The van der Waals surface area contributed by atoms with E-state index in [1.165, 1.54) is 0 Å². The second-order valence-electron chi connectivity index (χ2n) is 27.8. The molecular formula is C102H64BN5. The van der Waals surface area contributed by atoms with Crippen LogP contribution in [0, 0.1) is 0 Å². The Labute approximate surface area is 644 Å². The highest BCUT2D eigenvalue weighted by Crippen LogP contribution is 2.59. The first kappa shape index (κ1) is 47.9. The van der Waals surface area contributed by atoms with Crippen molar-refractivity contribution in [2.24, 2.45) is 0 Å². The van der Waals surface area contributed by atoms with Gasteiger partial charge in [-0.05, 0) is 128 Å². The molecule has 0 spiro atoms. The van der Waals surface area contributed by atoms with E-state index in [0.717, 1.165) is 122 Å². The van der Waals surface area contributed by atoms with Crippen LogP contribution in [-0.4, -0.2) is 20.2 Å². The third-order valence-electron chi connectivity index (χ3n) is 22.2. The second kappa shape index (κ2) is 23.7. The van der Waals surface area contributed by atoms with Gasteiger partial charge in [0.1, 0.15) is 0 Å². The van der Waals surface area contributed by atoms with Gasteiger partial charge in [-0.2, -0.15) is 0 Å². The Morgan fingerprint density at radius 2 is 0.620 bits per heavy atom. The van der Waals surface area contributed by atoms with E-state index in [2.05, 4.69) is 172 Å². The van der Waals surface area contributed by atoms with Crippen LogP contribution >= 0.6 is 0 Å². The minimum Gasteiger partial charge on any atom is -0.309 e. The normalized spacial score (nSPS) is 14.4. The largest absolute Gasteiger partial charge is 0.309 e. The lowest BCUT2D eigenvalue weighted by Gasteiger charge is -2.46. The minimum absolute atomic E-state index is 0.00313. The van der Waals surface area contributed by atoms with Crippen molar-refractivity contribution in [3.8, 4) is 78.1 Å². The maximum Gasteiger partial charge on any atom is 0.252 e. The van der Waals surface area contributed by atoms with Gasteiger partial charge in [-0.15, -0.1) is 0 Å². The first-order valence-corrected chi connectivity index (χ1v) is 36.3. The third-order valence-corrected chi connectivity index (χ3v) is 22.2. The van der Waals surface area contributed by atoms with Gasteiger partial charge in [-0.25, -0.2) is 0 Å². The molecule has 23 rings (SSSR count). The van der Waals surface area contributed by atoms with Gasteiger partial charge in [-0.1, -0.05) is 321 Å². The molecule has 5 nitrogen and oxygen atoms in total. The maximum absolute atomic E-state index is 10.6. The zero-order valence-corrected chi connectivity index (χ0v) is 57.7. The Kier molecular flexibility index (Phi) is 10.5. The van der Waals surface area contributed by atoms with Crippen molar-refractivity contribution >= 4 is 139 Å². The summed E-state index contributed by atoms with van der Waals surface area (Å²) in [4.78, 5) is 4.85. The molecule has 0 saturated carbocycles. The fraction of sp³-hybridized carbons (Fsp3) is 0. The van der Waals surface area contributed by atoms with E-state index in [-0.39, 0.29) is 91.0 Å². The monoisotopic (exact) mass is 1380 g/mol. The molecule has 0 atom stereocenters. The van der Waals surface area contributed by atoms with Gasteiger partial charge in [0, 0.05) is 88.1 Å². The lowest BCUT2D eigenvalue weighted by Crippen LogP contribution is -2.61. The molecule has 0 N–H and O–H groups in total. The first-order valence-electron chi connectivity index (χ1n) is 43.3. The van der Waals surface area contributed by atoms with Gasteiger partial charge in [0.25, 0.3) is 6.71 Å². The summed E-state index contributed by atoms with van der Waals surface area (Å²) in [7, 11) is 0. The predicted molar refractivity (Wildman–Crippen MR) is 456 cm³/mol. The molecule has 0 amide bonds. The van der Waals surface area contributed by atoms with Gasteiger partial charge in [0.15, 0.2) is 0 Å². The quantitative estimate of drug-likeness (QED) is 0.127.